The maximum Gasteiger partial charge on any atom is 0.301 e. The third-order valence-electron chi connectivity index (χ3n) is 3.97. The maximum absolute atomic E-state index is 11.1. The molecular formula is C15H20N4O4. The van der Waals surface area contributed by atoms with E-state index in [0.29, 0.717) is 5.92 Å². The van der Waals surface area contributed by atoms with Gasteiger partial charge in [-0.25, -0.2) is 0 Å². The molecule has 2 rings (SSSR count). The second-order valence-corrected chi connectivity index (χ2v) is 5.91. The number of hydrogen-bond acceptors (Lipinski definition) is 6. The molecule has 1 unspecified atom stereocenters. The highest BCUT2D eigenvalue weighted by molar-refractivity contribution is 5.85. The van der Waals surface area contributed by atoms with E-state index in [2.05, 4.69) is 17.5 Å². The minimum atomic E-state index is -0.654. The summed E-state index contributed by atoms with van der Waals surface area (Å²) in [7, 11) is 0. The molecule has 1 aliphatic rings. The van der Waals surface area contributed by atoms with Gasteiger partial charge in [0.25, 0.3) is 5.69 Å². The fourth-order valence-electron chi connectivity index (χ4n) is 2.73. The summed E-state index contributed by atoms with van der Waals surface area (Å²) >= 11 is 0. The second-order valence-electron chi connectivity index (χ2n) is 5.91. The summed E-state index contributed by atoms with van der Waals surface area (Å²) in [6.07, 6.45) is 6.37. The molecule has 0 bridgehead atoms. The number of anilines is 1. The summed E-state index contributed by atoms with van der Waals surface area (Å²) in [6, 6.07) is 3.51. The lowest BCUT2D eigenvalue weighted by Crippen LogP contribution is -2.11. The highest BCUT2D eigenvalue weighted by Crippen LogP contribution is 2.29. The number of benzene rings is 1. The zero-order valence-corrected chi connectivity index (χ0v) is 13.0. The van der Waals surface area contributed by atoms with Crippen molar-refractivity contribution in [1.82, 2.24) is 0 Å². The number of nitrogens with zero attached hydrogens (tertiary/aromatic N) is 3. The van der Waals surface area contributed by atoms with Crippen molar-refractivity contribution >= 4 is 22.8 Å². The van der Waals surface area contributed by atoms with Gasteiger partial charge in [-0.3, -0.25) is 25.7 Å². The van der Waals surface area contributed by atoms with Crippen LogP contribution < -0.4 is 5.43 Å². The topological polar surface area (TPSA) is 111 Å². The molecule has 0 aliphatic heterocycles. The average Bonchev–Trinajstić information content (AvgIpc) is 2.49. The van der Waals surface area contributed by atoms with E-state index in [1.165, 1.54) is 25.0 Å². The molecule has 1 saturated carbocycles. The minimum Gasteiger partial charge on any atom is -0.272 e. The van der Waals surface area contributed by atoms with Crippen LogP contribution in [0, 0.1) is 26.1 Å². The van der Waals surface area contributed by atoms with Crippen LogP contribution in [0.2, 0.25) is 0 Å². The fourth-order valence-corrected chi connectivity index (χ4v) is 2.73. The Labute approximate surface area is 133 Å². The third kappa shape index (κ3) is 4.73. The molecule has 0 amide bonds. The molecule has 1 aromatic rings. The summed E-state index contributed by atoms with van der Waals surface area (Å²) in [4.78, 5) is 20.5. The Hall–Kier alpha value is -2.51. The molecule has 0 spiro atoms. The highest BCUT2D eigenvalue weighted by atomic mass is 16.6. The standard InChI is InChI=1S/C15H20N4O4/c1-11-5-3-2-4-6-12(9-11)16-17-14-8-7-13(18(20)21)10-15(14)19(22)23/h7-8,10-11,17H,2-6,9H2,1H3/b16-12-. The zero-order chi connectivity index (χ0) is 16.8. The van der Waals surface area contributed by atoms with Gasteiger partial charge in [-0.05, 0) is 31.2 Å². The number of nitro groups is 2. The van der Waals surface area contributed by atoms with Gasteiger partial charge in [0, 0.05) is 11.8 Å². The van der Waals surface area contributed by atoms with E-state index in [4.69, 9.17) is 0 Å². The maximum atomic E-state index is 11.1. The molecule has 8 nitrogen and oxygen atoms in total. The molecule has 23 heavy (non-hydrogen) atoms. The second kappa shape index (κ2) is 7.66. The minimum absolute atomic E-state index is 0.169. The molecule has 0 aromatic heterocycles. The Morgan fingerprint density at radius 3 is 2.65 bits per heavy atom. The van der Waals surface area contributed by atoms with Crippen LogP contribution >= 0.6 is 0 Å². The van der Waals surface area contributed by atoms with Crippen LogP contribution in [0.3, 0.4) is 0 Å². The van der Waals surface area contributed by atoms with Gasteiger partial charge in [-0.2, -0.15) is 5.10 Å². The summed E-state index contributed by atoms with van der Waals surface area (Å²) in [5, 5.41) is 26.1. The molecule has 8 heteroatoms. The monoisotopic (exact) mass is 320 g/mol. The van der Waals surface area contributed by atoms with Crippen LogP contribution in [0.4, 0.5) is 17.1 Å². The molecular weight excluding hydrogens is 300 g/mol. The van der Waals surface area contributed by atoms with Crippen molar-refractivity contribution in [2.75, 3.05) is 5.43 Å². The number of non-ortho nitro benzene ring substituents is 1. The normalized spacial score (nSPS) is 20.6. The van der Waals surface area contributed by atoms with E-state index in [9.17, 15) is 20.2 Å². The van der Waals surface area contributed by atoms with Crippen LogP contribution in [-0.4, -0.2) is 15.6 Å². The molecule has 124 valence electrons. The Morgan fingerprint density at radius 1 is 1.17 bits per heavy atom. The lowest BCUT2D eigenvalue weighted by atomic mass is 9.91. The number of hydrazone groups is 1. The van der Waals surface area contributed by atoms with Crippen LogP contribution in [0.15, 0.2) is 23.3 Å². The lowest BCUT2D eigenvalue weighted by molar-refractivity contribution is -0.393. The molecule has 1 aliphatic carbocycles. The summed E-state index contributed by atoms with van der Waals surface area (Å²) in [5.41, 5.74) is 3.23. The Balaban J connectivity index is 2.19. The number of nitrogens with one attached hydrogen (secondary N) is 1. The summed E-state index contributed by atoms with van der Waals surface area (Å²) < 4.78 is 0. The molecule has 1 aromatic carbocycles. The molecule has 0 saturated heterocycles. The van der Waals surface area contributed by atoms with Crippen molar-refractivity contribution in [3.8, 4) is 0 Å². The van der Waals surface area contributed by atoms with Gasteiger partial charge in [-0.15, -0.1) is 0 Å². The quantitative estimate of drug-likeness (QED) is 0.658. The van der Waals surface area contributed by atoms with Crippen LogP contribution in [0.25, 0.3) is 0 Å². The number of nitro benzene ring substituents is 2. The number of hydrogen-bond donors (Lipinski definition) is 1. The SMILES string of the molecule is CC1CCCCC/C(=N/Nc2ccc([N+](=O)[O-])cc2[N+](=O)[O-])C1. The van der Waals surface area contributed by atoms with Crippen molar-refractivity contribution in [2.45, 2.75) is 45.4 Å². The van der Waals surface area contributed by atoms with Crippen LogP contribution in [0.5, 0.6) is 0 Å². The first-order valence-electron chi connectivity index (χ1n) is 7.71. The molecule has 0 heterocycles. The van der Waals surface area contributed by atoms with Crippen LogP contribution in [0.1, 0.15) is 45.4 Å². The van der Waals surface area contributed by atoms with E-state index in [1.54, 1.807) is 0 Å². The first kappa shape index (κ1) is 16.9. The van der Waals surface area contributed by atoms with Crippen molar-refractivity contribution in [2.24, 2.45) is 11.0 Å². The Morgan fingerprint density at radius 2 is 1.96 bits per heavy atom. The van der Waals surface area contributed by atoms with Gasteiger partial charge in [0.1, 0.15) is 5.69 Å². The lowest BCUT2D eigenvalue weighted by Gasteiger charge is -2.17. The van der Waals surface area contributed by atoms with Crippen LogP contribution in [-0.2, 0) is 0 Å². The zero-order valence-electron chi connectivity index (χ0n) is 13.0. The predicted molar refractivity (Wildman–Crippen MR) is 87.7 cm³/mol. The van der Waals surface area contributed by atoms with Gasteiger partial charge in [0.05, 0.1) is 15.9 Å². The van der Waals surface area contributed by atoms with Gasteiger partial charge >= 0.3 is 5.69 Å². The molecule has 1 fully saturated rings. The Kier molecular flexibility index (Phi) is 5.61. The third-order valence-corrected chi connectivity index (χ3v) is 3.97. The first-order chi connectivity index (χ1) is 11.0. The van der Waals surface area contributed by atoms with E-state index in [0.717, 1.165) is 37.5 Å². The molecule has 1 atom stereocenters. The highest BCUT2D eigenvalue weighted by Gasteiger charge is 2.19. The van der Waals surface area contributed by atoms with Gasteiger partial charge in [-0.1, -0.05) is 26.2 Å². The largest absolute Gasteiger partial charge is 0.301 e. The number of rotatable bonds is 4. The molecule has 0 radical (unpaired) electrons. The summed E-state index contributed by atoms with van der Waals surface area (Å²) in [6.45, 7) is 2.18. The first-order valence-corrected chi connectivity index (χ1v) is 7.71. The predicted octanol–water partition coefficient (Wildman–Crippen LogP) is 4.26. The van der Waals surface area contributed by atoms with Crippen molar-refractivity contribution in [3.63, 3.8) is 0 Å². The van der Waals surface area contributed by atoms with Gasteiger partial charge in [0.15, 0.2) is 0 Å². The molecule has 1 N–H and O–H groups in total. The van der Waals surface area contributed by atoms with Crippen molar-refractivity contribution < 1.29 is 9.85 Å². The van der Waals surface area contributed by atoms with Gasteiger partial charge < -0.3 is 0 Å². The fraction of sp³-hybridized carbons (Fsp3) is 0.533. The average molecular weight is 320 g/mol. The van der Waals surface area contributed by atoms with Crippen molar-refractivity contribution in [1.29, 1.82) is 0 Å². The Bertz CT molecular complexity index is 630. The van der Waals surface area contributed by atoms with E-state index < -0.39 is 9.85 Å². The summed E-state index contributed by atoms with van der Waals surface area (Å²) in [5.74, 6) is 0.544. The van der Waals surface area contributed by atoms with E-state index >= 15 is 0 Å². The van der Waals surface area contributed by atoms with E-state index in [1.807, 2.05) is 0 Å². The van der Waals surface area contributed by atoms with Crippen molar-refractivity contribution in [3.05, 3.63) is 38.4 Å². The van der Waals surface area contributed by atoms with Gasteiger partial charge in [0.2, 0.25) is 0 Å². The smallest absolute Gasteiger partial charge is 0.272 e. The van der Waals surface area contributed by atoms with E-state index in [-0.39, 0.29) is 17.1 Å².